The van der Waals surface area contributed by atoms with E-state index >= 15 is 0 Å². The third kappa shape index (κ3) is 3.52. The standard InChI is InChI=1S/C18H23N3O/c1-22-18-13-15(9-10-17(18)21-11-5-6-12-21)14-19-20-16-7-3-2-4-8-16/h2-4,7-10,13,19-20H,5-6,11-12,14H2,1H3. The fourth-order valence-electron chi connectivity index (χ4n) is 2.82. The van der Waals surface area contributed by atoms with Gasteiger partial charge in [-0.1, -0.05) is 24.3 Å². The van der Waals surface area contributed by atoms with E-state index in [4.69, 9.17) is 4.74 Å². The molecule has 0 amide bonds. The zero-order chi connectivity index (χ0) is 15.2. The highest BCUT2D eigenvalue weighted by molar-refractivity contribution is 5.60. The summed E-state index contributed by atoms with van der Waals surface area (Å²) in [5.41, 5.74) is 9.90. The highest BCUT2D eigenvalue weighted by atomic mass is 16.5. The van der Waals surface area contributed by atoms with Crippen LogP contribution in [0.3, 0.4) is 0 Å². The molecule has 2 N–H and O–H groups in total. The van der Waals surface area contributed by atoms with Crippen LogP contribution in [0.25, 0.3) is 0 Å². The maximum Gasteiger partial charge on any atom is 0.142 e. The third-order valence-corrected chi connectivity index (χ3v) is 3.99. The number of rotatable bonds is 6. The molecule has 1 aliphatic rings. The maximum absolute atomic E-state index is 5.57. The number of hydrazine groups is 1. The Labute approximate surface area is 132 Å². The molecule has 0 radical (unpaired) electrons. The van der Waals surface area contributed by atoms with E-state index in [9.17, 15) is 0 Å². The average molecular weight is 297 g/mol. The van der Waals surface area contributed by atoms with Gasteiger partial charge in [-0.3, -0.25) is 0 Å². The molecule has 1 fully saturated rings. The van der Waals surface area contributed by atoms with Crippen LogP contribution in [0.1, 0.15) is 18.4 Å². The number of anilines is 2. The summed E-state index contributed by atoms with van der Waals surface area (Å²) in [4.78, 5) is 2.40. The second kappa shape index (κ2) is 7.18. The molecule has 1 saturated heterocycles. The van der Waals surface area contributed by atoms with Crippen LogP contribution in [0, 0.1) is 0 Å². The number of benzene rings is 2. The molecule has 0 saturated carbocycles. The molecule has 0 aromatic heterocycles. The van der Waals surface area contributed by atoms with E-state index in [1.165, 1.54) is 24.1 Å². The Morgan fingerprint density at radius 2 is 1.82 bits per heavy atom. The number of nitrogens with one attached hydrogen (secondary N) is 2. The van der Waals surface area contributed by atoms with Gasteiger partial charge in [-0.25, -0.2) is 5.43 Å². The SMILES string of the molecule is COc1cc(CNNc2ccccc2)ccc1N1CCCC1. The van der Waals surface area contributed by atoms with E-state index in [0.717, 1.165) is 31.1 Å². The Kier molecular flexibility index (Phi) is 4.81. The summed E-state index contributed by atoms with van der Waals surface area (Å²) in [6, 6.07) is 16.5. The monoisotopic (exact) mass is 297 g/mol. The van der Waals surface area contributed by atoms with E-state index in [2.05, 4.69) is 34.0 Å². The van der Waals surface area contributed by atoms with E-state index in [0.29, 0.717) is 0 Å². The first kappa shape index (κ1) is 14.7. The van der Waals surface area contributed by atoms with Gasteiger partial charge in [-0.2, -0.15) is 0 Å². The summed E-state index contributed by atoms with van der Waals surface area (Å²) in [6.07, 6.45) is 2.54. The van der Waals surface area contributed by atoms with Crippen LogP contribution in [0.15, 0.2) is 48.5 Å². The highest BCUT2D eigenvalue weighted by Gasteiger charge is 2.16. The molecule has 1 heterocycles. The highest BCUT2D eigenvalue weighted by Crippen LogP contribution is 2.31. The molecular formula is C18H23N3O. The summed E-state index contributed by atoms with van der Waals surface area (Å²) in [6.45, 7) is 3.00. The van der Waals surface area contributed by atoms with Crippen molar-refractivity contribution in [3.63, 3.8) is 0 Å². The predicted octanol–water partition coefficient (Wildman–Crippen LogP) is 3.41. The molecule has 0 unspecified atom stereocenters. The number of hydrogen-bond acceptors (Lipinski definition) is 4. The lowest BCUT2D eigenvalue weighted by Crippen LogP contribution is -2.21. The maximum atomic E-state index is 5.57. The fraction of sp³-hybridized carbons (Fsp3) is 0.333. The zero-order valence-corrected chi connectivity index (χ0v) is 13.0. The second-order valence-electron chi connectivity index (χ2n) is 5.54. The zero-order valence-electron chi connectivity index (χ0n) is 13.0. The molecule has 2 aromatic rings. The number of hydrogen-bond donors (Lipinski definition) is 2. The number of para-hydroxylation sites is 1. The van der Waals surface area contributed by atoms with Gasteiger partial charge in [0.15, 0.2) is 0 Å². The van der Waals surface area contributed by atoms with Crippen molar-refractivity contribution in [1.29, 1.82) is 0 Å². The summed E-state index contributed by atoms with van der Waals surface area (Å²) < 4.78 is 5.57. The molecule has 0 atom stereocenters. The Hall–Kier alpha value is -2.20. The van der Waals surface area contributed by atoms with Crippen LogP contribution in [-0.4, -0.2) is 20.2 Å². The van der Waals surface area contributed by atoms with Gasteiger partial charge in [-0.15, -0.1) is 0 Å². The fourth-order valence-corrected chi connectivity index (χ4v) is 2.82. The molecular weight excluding hydrogens is 274 g/mol. The van der Waals surface area contributed by atoms with Crippen molar-refractivity contribution in [2.45, 2.75) is 19.4 Å². The van der Waals surface area contributed by atoms with Crippen LogP contribution in [-0.2, 0) is 6.54 Å². The minimum Gasteiger partial charge on any atom is -0.495 e. The molecule has 4 nitrogen and oxygen atoms in total. The molecule has 0 spiro atoms. The van der Waals surface area contributed by atoms with Crippen molar-refractivity contribution in [1.82, 2.24) is 5.43 Å². The van der Waals surface area contributed by atoms with Crippen molar-refractivity contribution in [3.05, 3.63) is 54.1 Å². The molecule has 0 bridgehead atoms. The van der Waals surface area contributed by atoms with E-state index < -0.39 is 0 Å². The average Bonchev–Trinajstić information content (AvgIpc) is 3.10. The van der Waals surface area contributed by atoms with Crippen molar-refractivity contribution in [2.24, 2.45) is 0 Å². The van der Waals surface area contributed by atoms with Gasteiger partial charge in [0, 0.05) is 25.3 Å². The van der Waals surface area contributed by atoms with Crippen molar-refractivity contribution in [2.75, 3.05) is 30.5 Å². The number of nitrogens with zero attached hydrogens (tertiary/aromatic N) is 1. The van der Waals surface area contributed by atoms with Crippen molar-refractivity contribution >= 4 is 11.4 Å². The first-order valence-corrected chi connectivity index (χ1v) is 7.82. The number of ether oxygens (including phenoxy) is 1. The van der Waals surface area contributed by atoms with Crippen LogP contribution in [0.4, 0.5) is 11.4 Å². The Morgan fingerprint density at radius 1 is 1.05 bits per heavy atom. The van der Waals surface area contributed by atoms with Crippen molar-refractivity contribution in [3.8, 4) is 5.75 Å². The largest absolute Gasteiger partial charge is 0.495 e. The van der Waals surface area contributed by atoms with Gasteiger partial charge in [0.2, 0.25) is 0 Å². The minimum absolute atomic E-state index is 0.742. The third-order valence-electron chi connectivity index (χ3n) is 3.99. The Morgan fingerprint density at radius 3 is 2.55 bits per heavy atom. The molecule has 116 valence electrons. The number of methoxy groups -OCH3 is 1. The summed E-state index contributed by atoms with van der Waals surface area (Å²) in [7, 11) is 1.74. The molecule has 3 rings (SSSR count). The first-order chi connectivity index (χ1) is 10.9. The summed E-state index contributed by atoms with van der Waals surface area (Å²) in [5.74, 6) is 0.959. The van der Waals surface area contributed by atoms with Gasteiger partial charge in [0.05, 0.1) is 12.8 Å². The van der Waals surface area contributed by atoms with Crippen LogP contribution in [0.5, 0.6) is 5.75 Å². The van der Waals surface area contributed by atoms with E-state index in [-0.39, 0.29) is 0 Å². The second-order valence-corrected chi connectivity index (χ2v) is 5.54. The van der Waals surface area contributed by atoms with Crippen LogP contribution < -0.4 is 20.5 Å². The molecule has 22 heavy (non-hydrogen) atoms. The lowest BCUT2D eigenvalue weighted by Gasteiger charge is -2.21. The van der Waals surface area contributed by atoms with Gasteiger partial charge in [-0.05, 0) is 42.7 Å². The van der Waals surface area contributed by atoms with E-state index in [1.54, 1.807) is 7.11 Å². The molecule has 4 heteroatoms. The lowest BCUT2D eigenvalue weighted by molar-refractivity contribution is 0.414. The predicted molar refractivity (Wildman–Crippen MR) is 91.3 cm³/mol. The smallest absolute Gasteiger partial charge is 0.142 e. The van der Waals surface area contributed by atoms with E-state index in [1.807, 2.05) is 30.3 Å². The van der Waals surface area contributed by atoms with Crippen LogP contribution in [0.2, 0.25) is 0 Å². The quantitative estimate of drug-likeness (QED) is 0.801. The van der Waals surface area contributed by atoms with Gasteiger partial charge < -0.3 is 15.1 Å². The topological polar surface area (TPSA) is 36.5 Å². The minimum atomic E-state index is 0.742. The summed E-state index contributed by atoms with van der Waals surface area (Å²) in [5, 5.41) is 0. The molecule has 0 aliphatic carbocycles. The Balaban J connectivity index is 1.62. The first-order valence-electron chi connectivity index (χ1n) is 7.82. The van der Waals surface area contributed by atoms with Gasteiger partial charge in [0.25, 0.3) is 0 Å². The van der Waals surface area contributed by atoms with Gasteiger partial charge in [0.1, 0.15) is 5.75 Å². The Bertz CT molecular complexity index is 595. The lowest BCUT2D eigenvalue weighted by atomic mass is 10.1. The summed E-state index contributed by atoms with van der Waals surface area (Å²) >= 11 is 0. The molecule has 2 aromatic carbocycles. The van der Waals surface area contributed by atoms with Gasteiger partial charge >= 0.3 is 0 Å². The molecule has 1 aliphatic heterocycles. The van der Waals surface area contributed by atoms with Crippen molar-refractivity contribution < 1.29 is 4.74 Å². The normalized spacial score (nSPS) is 14.1. The van der Waals surface area contributed by atoms with Crippen LogP contribution >= 0.6 is 0 Å².